The Morgan fingerprint density at radius 1 is 0.648 bits per heavy atom. The van der Waals surface area contributed by atoms with Crippen molar-refractivity contribution in [2.75, 3.05) is 21.3 Å². The number of Topliss-reactive ketones (excluding diaryl/α,β-unsaturated/α-hetero) is 1. The van der Waals surface area contributed by atoms with Gasteiger partial charge >= 0.3 is 17.9 Å². The van der Waals surface area contributed by atoms with Crippen LogP contribution in [-0.2, 0) is 78.0 Å². The Morgan fingerprint density at radius 3 is 1.46 bits per heavy atom. The van der Waals surface area contributed by atoms with Crippen molar-refractivity contribution >= 4 is 66.6 Å². The van der Waals surface area contributed by atoms with E-state index in [2.05, 4.69) is 25.3 Å². The van der Waals surface area contributed by atoms with Gasteiger partial charge in [-0.1, -0.05) is 23.4 Å². The molecule has 0 spiro atoms. The van der Waals surface area contributed by atoms with E-state index >= 15 is 0 Å². The number of nitrogens with zero attached hydrogens (tertiary/aromatic N) is 1. The zero-order valence-corrected chi connectivity index (χ0v) is 34.5. The molecular formula is C37H51Cl3N3O10Pd-. The quantitative estimate of drug-likeness (QED) is 0.0694. The molecule has 0 aliphatic heterocycles. The first-order chi connectivity index (χ1) is 23.1. The summed E-state index contributed by atoms with van der Waals surface area (Å²) in [6.07, 6.45) is 6.89. The van der Waals surface area contributed by atoms with Crippen molar-refractivity contribution in [2.45, 2.75) is 63.8 Å². The number of ether oxygens (including phenoxy) is 3. The van der Waals surface area contributed by atoms with Crippen LogP contribution in [-0.4, -0.2) is 72.7 Å². The number of halogens is 3. The Bertz CT molecular complexity index is 1680. The van der Waals surface area contributed by atoms with E-state index in [1.807, 2.05) is 42.5 Å². The Morgan fingerprint density at radius 2 is 1.04 bits per heavy atom. The number of rotatable bonds is 3. The van der Waals surface area contributed by atoms with Crippen molar-refractivity contribution in [3.63, 3.8) is 0 Å². The van der Waals surface area contributed by atoms with Crippen LogP contribution >= 0.6 is 37.2 Å². The van der Waals surface area contributed by atoms with E-state index in [0.717, 1.165) is 66.5 Å². The average Bonchev–Trinajstić information content (AvgIpc) is 3.14. The molecule has 0 aromatic heterocycles. The van der Waals surface area contributed by atoms with Gasteiger partial charge in [0.05, 0.1) is 43.7 Å². The number of hydrogen-bond acceptors (Lipinski definition) is 12. The fraction of sp³-hybridized carbons (Fsp3) is 0.351. The molecule has 17 heteroatoms. The van der Waals surface area contributed by atoms with E-state index < -0.39 is 0 Å². The Hall–Kier alpha value is -3.42. The molecule has 0 fully saturated rings. The number of ketones is 1. The molecule has 3 aliphatic carbocycles. The van der Waals surface area contributed by atoms with Gasteiger partial charge in [0, 0.05) is 45.7 Å². The van der Waals surface area contributed by atoms with Crippen molar-refractivity contribution < 1.29 is 69.7 Å². The fourth-order valence-electron chi connectivity index (χ4n) is 5.83. The van der Waals surface area contributed by atoms with Crippen LogP contribution in [0.3, 0.4) is 0 Å². The van der Waals surface area contributed by atoms with Gasteiger partial charge < -0.3 is 43.3 Å². The molecule has 0 bridgehead atoms. The largest absolute Gasteiger partial charge is 0.465 e. The first kappa shape index (κ1) is 57.3. The summed E-state index contributed by atoms with van der Waals surface area (Å²) in [6.45, 7) is 0. The molecule has 0 amide bonds. The van der Waals surface area contributed by atoms with Gasteiger partial charge in [-0.15, -0.1) is 37.2 Å². The van der Waals surface area contributed by atoms with Gasteiger partial charge in [0.25, 0.3) is 0 Å². The number of aryl methyl sites for hydroxylation is 3. The standard InChI is InChI=1S/C12H13NO3.C12H15NO2.C12H12O3.CH3.3ClH.H3NO.H2O.Pd/c1-16-12(14)10-3-2-9-7-11(13-15)5-4-8(9)6-10;2*1-15-12(14)10-3-2-9-7-11(13)5-4-8(9)6-10;;;;;1-2;;/h2-3,6,15H,4-5,7H2,1H3;2-3,6,11H,4-5,7,13H2,1H3;2-3,6H,4-5,7H2,1H3;1H3;3*1H;2H,1H2;1H2;/q;;;-1;;;;;;/b13-11+;;;;;;;;;. The summed E-state index contributed by atoms with van der Waals surface area (Å²) in [6, 6.07) is 16.9. The summed E-state index contributed by atoms with van der Waals surface area (Å²) in [4.78, 5) is 45.1. The normalized spacial score (nSPS) is 14.6. The number of hydrogen-bond donors (Lipinski definition) is 4. The van der Waals surface area contributed by atoms with Crippen LogP contribution in [0.4, 0.5) is 0 Å². The molecule has 3 aliphatic rings. The molecule has 0 saturated heterocycles. The maximum Gasteiger partial charge on any atom is 0.337 e. The Balaban J connectivity index is -0.000000322. The molecule has 8 N–H and O–H groups in total. The summed E-state index contributed by atoms with van der Waals surface area (Å²) < 4.78 is 14.0. The van der Waals surface area contributed by atoms with Gasteiger partial charge in [0.15, 0.2) is 0 Å². The van der Waals surface area contributed by atoms with Gasteiger partial charge in [0.1, 0.15) is 5.78 Å². The topological polar surface area (TPSA) is 232 Å². The van der Waals surface area contributed by atoms with Gasteiger partial charge in [0.2, 0.25) is 0 Å². The number of carbonyl (C=O) groups excluding carboxylic acids is 4. The Kier molecular flexibility index (Phi) is 30.7. The minimum absolute atomic E-state index is 0. The SMILES string of the molecule is COC(=O)c1ccc2c(c1)CC/C(=N\O)C2.COC(=O)c1ccc2c(c1)CCC(=O)C2.COC(=O)c1ccc2c(c1)CCC(N)C2.Cl.Cl.Cl.NO.O.[CH3-].[Pd]. The smallest absolute Gasteiger partial charge is 0.337 e. The number of nitrogens with two attached hydrogens (primary N) is 2. The average molecular weight is 911 g/mol. The first-order valence-corrected chi connectivity index (χ1v) is 15.5. The molecule has 0 heterocycles. The molecule has 3 aromatic rings. The molecule has 54 heavy (non-hydrogen) atoms. The number of benzene rings is 3. The van der Waals surface area contributed by atoms with Gasteiger partial charge in [-0.25, -0.2) is 20.3 Å². The molecule has 0 radical (unpaired) electrons. The van der Waals surface area contributed by atoms with Gasteiger partial charge in [-0.2, -0.15) is 0 Å². The van der Waals surface area contributed by atoms with Crippen LogP contribution in [0.1, 0.15) is 83.7 Å². The number of esters is 3. The summed E-state index contributed by atoms with van der Waals surface area (Å²) in [7, 11) is 4.14. The van der Waals surface area contributed by atoms with Gasteiger partial charge in [-0.05, 0) is 108 Å². The molecule has 1 atom stereocenters. The summed E-state index contributed by atoms with van der Waals surface area (Å²) in [5.41, 5.74) is 15.3. The summed E-state index contributed by atoms with van der Waals surface area (Å²) >= 11 is 0. The molecular weight excluding hydrogens is 859 g/mol. The molecule has 13 nitrogen and oxygen atoms in total. The maximum absolute atomic E-state index is 11.3. The number of oxime groups is 1. The van der Waals surface area contributed by atoms with Crippen molar-refractivity contribution in [1.82, 2.24) is 0 Å². The summed E-state index contributed by atoms with van der Waals surface area (Å²) in [5, 5.41) is 18.5. The minimum atomic E-state index is -0.324. The minimum Gasteiger partial charge on any atom is -0.465 e. The molecule has 6 rings (SSSR count). The van der Waals surface area contributed by atoms with E-state index in [1.54, 1.807) is 12.1 Å². The van der Waals surface area contributed by atoms with Crippen LogP contribution in [0.5, 0.6) is 0 Å². The predicted octanol–water partition coefficient (Wildman–Crippen LogP) is 4.84. The molecule has 306 valence electrons. The summed E-state index contributed by atoms with van der Waals surface area (Å²) in [5.74, 6) is 2.86. The van der Waals surface area contributed by atoms with Crippen LogP contribution in [0.15, 0.2) is 59.8 Å². The van der Waals surface area contributed by atoms with Crippen molar-refractivity contribution in [3.8, 4) is 0 Å². The third kappa shape index (κ3) is 16.1. The van der Waals surface area contributed by atoms with Crippen LogP contribution in [0.25, 0.3) is 0 Å². The van der Waals surface area contributed by atoms with Crippen LogP contribution in [0, 0.1) is 7.43 Å². The third-order valence-corrected chi connectivity index (χ3v) is 8.43. The van der Waals surface area contributed by atoms with Crippen molar-refractivity contribution in [2.24, 2.45) is 16.8 Å². The molecule has 1 unspecified atom stereocenters. The second-order valence-corrected chi connectivity index (χ2v) is 11.5. The van der Waals surface area contributed by atoms with Crippen LogP contribution in [0.2, 0.25) is 0 Å². The predicted molar refractivity (Wildman–Crippen MR) is 209 cm³/mol. The fourth-order valence-corrected chi connectivity index (χ4v) is 5.83. The third-order valence-electron chi connectivity index (χ3n) is 8.43. The van der Waals surface area contributed by atoms with E-state index in [0.29, 0.717) is 36.0 Å². The van der Waals surface area contributed by atoms with Crippen molar-refractivity contribution in [3.05, 3.63) is 112 Å². The van der Waals surface area contributed by atoms with Crippen LogP contribution < -0.4 is 11.6 Å². The Labute approximate surface area is 348 Å². The maximum atomic E-state index is 11.3. The zero-order chi connectivity index (χ0) is 35.2. The number of methoxy groups -OCH3 is 3. The van der Waals surface area contributed by atoms with Crippen molar-refractivity contribution in [1.29, 1.82) is 0 Å². The van der Waals surface area contributed by atoms with E-state index in [1.165, 1.54) is 32.5 Å². The first-order valence-electron chi connectivity index (χ1n) is 15.5. The molecule has 3 aromatic carbocycles. The van der Waals surface area contributed by atoms with E-state index in [4.69, 9.17) is 16.1 Å². The van der Waals surface area contributed by atoms with E-state index in [9.17, 15) is 19.2 Å². The molecule has 0 saturated carbocycles. The van der Waals surface area contributed by atoms with Gasteiger partial charge in [-0.3, -0.25) is 4.79 Å². The second-order valence-electron chi connectivity index (χ2n) is 11.5. The van der Waals surface area contributed by atoms with E-state index in [-0.39, 0.29) is 100 Å². The second kappa shape index (κ2) is 28.9. The number of carbonyl (C=O) groups is 4. The number of fused-ring (bicyclic) bond motifs is 3. The zero-order valence-electron chi connectivity index (χ0n) is 30.5. The monoisotopic (exact) mass is 908 g/mol.